The number of carbonyl (C=O) groups is 1. The standard InChI is InChI=1S/C19H22N2O2S/c1-14-13-17(24-16-5-3-2-4-6-16)7-8-18(14)20-19(22)15-9-11-21(23)12-10-15/h7-13,16H,2-6H2,1H3,(H,20,22). The SMILES string of the molecule is Cc1cc(SC2CCCCC2)ccc1NC(=O)c1cc[n+]([O-])cc1. The lowest BCUT2D eigenvalue weighted by Crippen LogP contribution is -2.25. The van der Waals surface area contributed by atoms with Crippen LogP contribution in [0.4, 0.5) is 5.69 Å². The summed E-state index contributed by atoms with van der Waals surface area (Å²) in [5, 5.41) is 14.7. The lowest BCUT2D eigenvalue weighted by atomic mass is 10.0. The number of hydrogen-bond acceptors (Lipinski definition) is 3. The molecule has 3 rings (SSSR count). The van der Waals surface area contributed by atoms with Crippen LogP contribution in [0.5, 0.6) is 0 Å². The Labute approximate surface area is 146 Å². The molecule has 1 fully saturated rings. The average Bonchev–Trinajstić information content (AvgIpc) is 2.59. The molecule has 1 amide bonds. The van der Waals surface area contributed by atoms with E-state index >= 15 is 0 Å². The molecule has 0 saturated heterocycles. The van der Waals surface area contributed by atoms with E-state index in [4.69, 9.17) is 0 Å². The normalized spacial score (nSPS) is 15.2. The minimum absolute atomic E-state index is 0.202. The van der Waals surface area contributed by atoms with Crippen LogP contribution in [0.15, 0.2) is 47.6 Å². The number of rotatable bonds is 4. The largest absolute Gasteiger partial charge is 0.619 e. The minimum atomic E-state index is -0.202. The molecule has 1 aliphatic carbocycles. The van der Waals surface area contributed by atoms with Gasteiger partial charge < -0.3 is 10.5 Å². The van der Waals surface area contributed by atoms with Gasteiger partial charge in [-0.05, 0) is 43.5 Å². The molecule has 1 aromatic heterocycles. The quantitative estimate of drug-likeness (QED) is 0.665. The molecule has 0 atom stereocenters. The zero-order chi connectivity index (χ0) is 16.9. The average molecular weight is 342 g/mol. The van der Waals surface area contributed by atoms with Crippen LogP contribution < -0.4 is 10.0 Å². The second-order valence-corrected chi connectivity index (χ2v) is 7.63. The third kappa shape index (κ3) is 4.29. The van der Waals surface area contributed by atoms with Crippen LogP contribution in [0.25, 0.3) is 0 Å². The first kappa shape index (κ1) is 16.8. The maximum Gasteiger partial charge on any atom is 0.256 e. The molecule has 5 heteroatoms. The monoisotopic (exact) mass is 342 g/mol. The van der Waals surface area contributed by atoms with Crippen molar-refractivity contribution in [2.45, 2.75) is 49.2 Å². The first-order chi connectivity index (χ1) is 11.6. The van der Waals surface area contributed by atoms with Gasteiger partial charge in [0, 0.05) is 28.0 Å². The first-order valence-corrected chi connectivity index (χ1v) is 9.27. The van der Waals surface area contributed by atoms with E-state index < -0.39 is 0 Å². The molecular formula is C19H22N2O2S. The Hall–Kier alpha value is -2.01. The minimum Gasteiger partial charge on any atom is -0.619 e. The van der Waals surface area contributed by atoms with E-state index in [-0.39, 0.29) is 5.91 Å². The van der Waals surface area contributed by atoms with Crippen molar-refractivity contribution in [3.8, 4) is 0 Å². The molecule has 0 bridgehead atoms. The number of carbonyl (C=O) groups excluding carboxylic acids is 1. The van der Waals surface area contributed by atoms with Gasteiger partial charge in [0.05, 0.1) is 5.56 Å². The topological polar surface area (TPSA) is 56.0 Å². The molecule has 1 saturated carbocycles. The van der Waals surface area contributed by atoms with Gasteiger partial charge >= 0.3 is 0 Å². The zero-order valence-corrected chi connectivity index (χ0v) is 14.6. The van der Waals surface area contributed by atoms with Gasteiger partial charge in [0.15, 0.2) is 12.4 Å². The molecule has 1 aromatic carbocycles. The third-order valence-corrected chi connectivity index (χ3v) is 5.70. The molecule has 0 aliphatic heterocycles. The van der Waals surface area contributed by atoms with Crippen molar-refractivity contribution in [3.05, 3.63) is 59.1 Å². The van der Waals surface area contributed by atoms with Crippen molar-refractivity contribution in [3.63, 3.8) is 0 Å². The zero-order valence-electron chi connectivity index (χ0n) is 13.8. The number of pyridine rings is 1. The van der Waals surface area contributed by atoms with Crippen LogP contribution in [0.1, 0.15) is 48.0 Å². The van der Waals surface area contributed by atoms with Crippen LogP contribution in [0, 0.1) is 12.1 Å². The summed E-state index contributed by atoms with van der Waals surface area (Å²) in [6.07, 6.45) is 9.30. The highest BCUT2D eigenvalue weighted by Crippen LogP contribution is 2.34. The number of amides is 1. The van der Waals surface area contributed by atoms with Gasteiger partial charge in [0.25, 0.3) is 5.91 Å². The van der Waals surface area contributed by atoms with Gasteiger partial charge in [-0.3, -0.25) is 4.79 Å². The Kier molecular flexibility index (Phi) is 5.41. The molecule has 2 aromatic rings. The maximum absolute atomic E-state index is 12.3. The number of nitrogens with one attached hydrogen (secondary N) is 1. The Balaban J connectivity index is 1.65. The fourth-order valence-electron chi connectivity index (χ4n) is 2.98. The van der Waals surface area contributed by atoms with Crippen molar-refractivity contribution in [2.75, 3.05) is 5.32 Å². The van der Waals surface area contributed by atoms with Gasteiger partial charge in [-0.1, -0.05) is 19.3 Å². The van der Waals surface area contributed by atoms with E-state index in [0.717, 1.165) is 16.5 Å². The van der Waals surface area contributed by atoms with Crippen molar-refractivity contribution >= 4 is 23.4 Å². The van der Waals surface area contributed by atoms with E-state index in [0.29, 0.717) is 10.3 Å². The summed E-state index contributed by atoms with van der Waals surface area (Å²) in [6.45, 7) is 2.01. The molecular weight excluding hydrogens is 320 g/mol. The van der Waals surface area contributed by atoms with Crippen molar-refractivity contribution < 1.29 is 9.52 Å². The van der Waals surface area contributed by atoms with E-state index in [1.807, 2.05) is 24.8 Å². The summed E-state index contributed by atoms with van der Waals surface area (Å²) in [6, 6.07) is 9.23. The number of thioether (sulfide) groups is 1. The van der Waals surface area contributed by atoms with Crippen LogP contribution >= 0.6 is 11.8 Å². The summed E-state index contributed by atoms with van der Waals surface area (Å²) in [5.41, 5.74) is 2.34. The molecule has 1 aliphatic rings. The summed E-state index contributed by atoms with van der Waals surface area (Å²) in [4.78, 5) is 13.5. The van der Waals surface area contributed by atoms with Crippen molar-refractivity contribution in [1.29, 1.82) is 0 Å². The smallest absolute Gasteiger partial charge is 0.256 e. The Bertz CT molecular complexity index is 710. The molecule has 0 radical (unpaired) electrons. The molecule has 126 valence electrons. The van der Waals surface area contributed by atoms with E-state index in [1.54, 1.807) is 0 Å². The number of nitrogens with zero attached hydrogens (tertiary/aromatic N) is 1. The van der Waals surface area contributed by atoms with Crippen molar-refractivity contribution in [1.82, 2.24) is 0 Å². The number of hydrogen-bond donors (Lipinski definition) is 1. The second kappa shape index (κ2) is 7.71. The molecule has 0 spiro atoms. The molecule has 4 nitrogen and oxygen atoms in total. The van der Waals surface area contributed by atoms with E-state index in [1.165, 1.54) is 61.5 Å². The highest BCUT2D eigenvalue weighted by Gasteiger charge is 2.15. The molecule has 0 unspecified atom stereocenters. The number of benzene rings is 1. The Morgan fingerprint density at radius 1 is 1.17 bits per heavy atom. The molecule has 24 heavy (non-hydrogen) atoms. The van der Waals surface area contributed by atoms with Gasteiger partial charge in [-0.15, -0.1) is 11.8 Å². The first-order valence-electron chi connectivity index (χ1n) is 8.39. The predicted molar refractivity (Wildman–Crippen MR) is 97.3 cm³/mol. The number of aryl methyl sites for hydroxylation is 1. The molecule has 1 N–H and O–H groups in total. The lowest BCUT2D eigenvalue weighted by Gasteiger charge is -2.21. The van der Waals surface area contributed by atoms with Gasteiger partial charge in [-0.25, -0.2) is 0 Å². The summed E-state index contributed by atoms with van der Waals surface area (Å²) >= 11 is 1.95. The fraction of sp³-hybridized carbons (Fsp3) is 0.368. The Morgan fingerprint density at radius 2 is 1.88 bits per heavy atom. The van der Waals surface area contributed by atoms with Gasteiger partial charge in [0.2, 0.25) is 0 Å². The second-order valence-electron chi connectivity index (χ2n) is 6.26. The van der Waals surface area contributed by atoms with E-state index in [9.17, 15) is 10.0 Å². The predicted octanol–water partition coefficient (Wildman–Crippen LogP) is 4.31. The van der Waals surface area contributed by atoms with Crippen LogP contribution in [0.2, 0.25) is 0 Å². The van der Waals surface area contributed by atoms with Crippen LogP contribution in [0.3, 0.4) is 0 Å². The summed E-state index contributed by atoms with van der Waals surface area (Å²) in [5.74, 6) is -0.202. The summed E-state index contributed by atoms with van der Waals surface area (Å²) < 4.78 is 0.666. The highest BCUT2D eigenvalue weighted by atomic mass is 32.2. The number of aromatic nitrogens is 1. The van der Waals surface area contributed by atoms with Crippen LogP contribution in [-0.4, -0.2) is 11.2 Å². The van der Waals surface area contributed by atoms with Gasteiger partial charge in [-0.2, -0.15) is 4.73 Å². The number of anilines is 1. The van der Waals surface area contributed by atoms with E-state index in [2.05, 4.69) is 17.4 Å². The van der Waals surface area contributed by atoms with Crippen LogP contribution in [-0.2, 0) is 0 Å². The molecule has 1 heterocycles. The highest BCUT2D eigenvalue weighted by molar-refractivity contribution is 8.00. The fourth-order valence-corrected chi connectivity index (χ4v) is 4.33. The third-order valence-electron chi connectivity index (χ3n) is 4.37. The van der Waals surface area contributed by atoms with Gasteiger partial charge in [0.1, 0.15) is 0 Å². The summed E-state index contributed by atoms with van der Waals surface area (Å²) in [7, 11) is 0. The maximum atomic E-state index is 12.3. The Morgan fingerprint density at radius 3 is 2.54 bits per heavy atom. The van der Waals surface area contributed by atoms with Crippen molar-refractivity contribution in [2.24, 2.45) is 0 Å². The lowest BCUT2D eigenvalue weighted by molar-refractivity contribution is -0.605.